The average Bonchev–Trinajstić information content (AvgIpc) is 2.37. The zero-order valence-corrected chi connectivity index (χ0v) is 12.6. The van der Waals surface area contributed by atoms with Gasteiger partial charge in [-0.2, -0.15) is 0 Å². The summed E-state index contributed by atoms with van der Waals surface area (Å²) in [5, 5.41) is 3.24. The summed E-state index contributed by atoms with van der Waals surface area (Å²) in [7, 11) is 1.96. The van der Waals surface area contributed by atoms with Crippen molar-refractivity contribution in [3.63, 3.8) is 0 Å². The third-order valence-electron chi connectivity index (χ3n) is 4.29. The molecule has 0 radical (unpaired) electrons. The fourth-order valence-electron chi connectivity index (χ4n) is 3.14. The van der Waals surface area contributed by atoms with Crippen LogP contribution in [0.15, 0.2) is 0 Å². The second-order valence-electron chi connectivity index (χ2n) is 5.64. The van der Waals surface area contributed by atoms with Crippen molar-refractivity contribution in [1.82, 2.24) is 9.97 Å². The van der Waals surface area contributed by atoms with Crippen molar-refractivity contribution in [2.24, 2.45) is 0 Å². The van der Waals surface area contributed by atoms with Crippen LogP contribution in [-0.2, 0) is 6.42 Å². The lowest BCUT2D eigenvalue weighted by Gasteiger charge is -2.20. The monoisotopic (exact) mass is 261 g/mol. The number of hydrogen-bond donors (Lipinski definition) is 1. The fourth-order valence-corrected chi connectivity index (χ4v) is 3.14. The van der Waals surface area contributed by atoms with Crippen molar-refractivity contribution in [3.8, 4) is 0 Å². The van der Waals surface area contributed by atoms with Gasteiger partial charge in [-0.25, -0.2) is 9.97 Å². The van der Waals surface area contributed by atoms with Gasteiger partial charge in [0.2, 0.25) is 0 Å². The topological polar surface area (TPSA) is 37.8 Å². The van der Waals surface area contributed by atoms with Crippen LogP contribution in [0.4, 0.5) is 5.82 Å². The number of anilines is 1. The Kier molecular flexibility index (Phi) is 5.17. The molecule has 1 aromatic heterocycles. The predicted molar refractivity (Wildman–Crippen MR) is 80.8 cm³/mol. The highest BCUT2D eigenvalue weighted by molar-refractivity contribution is 5.46. The van der Waals surface area contributed by atoms with E-state index in [0.29, 0.717) is 5.92 Å². The van der Waals surface area contributed by atoms with Crippen LogP contribution in [0.25, 0.3) is 0 Å². The summed E-state index contributed by atoms with van der Waals surface area (Å²) in [4.78, 5) is 9.59. The average molecular weight is 261 g/mol. The first-order chi connectivity index (χ1) is 9.26. The molecule has 3 nitrogen and oxygen atoms in total. The number of nitrogens with zero attached hydrogens (tertiary/aromatic N) is 2. The molecule has 0 atom stereocenters. The summed E-state index contributed by atoms with van der Waals surface area (Å²) in [6, 6.07) is 0. The number of aromatic nitrogens is 2. The molecule has 0 aliphatic heterocycles. The smallest absolute Gasteiger partial charge is 0.134 e. The summed E-state index contributed by atoms with van der Waals surface area (Å²) in [6.45, 7) is 4.29. The summed E-state index contributed by atoms with van der Waals surface area (Å²) >= 11 is 0. The molecule has 2 rings (SSSR count). The molecule has 1 saturated carbocycles. The van der Waals surface area contributed by atoms with Gasteiger partial charge in [-0.05, 0) is 26.2 Å². The zero-order valence-electron chi connectivity index (χ0n) is 12.6. The van der Waals surface area contributed by atoms with Crippen LogP contribution >= 0.6 is 0 Å². The molecular weight excluding hydrogens is 234 g/mol. The lowest BCUT2D eigenvalue weighted by Crippen LogP contribution is -2.12. The van der Waals surface area contributed by atoms with E-state index in [2.05, 4.69) is 19.2 Å². The van der Waals surface area contributed by atoms with Gasteiger partial charge in [0, 0.05) is 24.2 Å². The maximum absolute atomic E-state index is 4.80. The normalized spacial score (nSPS) is 17.8. The summed E-state index contributed by atoms with van der Waals surface area (Å²) < 4.78 is 0. The largest absolute Gasteiger partial charge is 0.373 e. The van der Waals surface area contributed by atoms with E-state index in [1.807, 2.05) is 7.05 Å². The molecule has 19 heavy (non-hydrogen) atoms. The highest BCUT2D eigenvalue weighted by atomic mass is 15.0. The van der Waals surface area contributed by atoms with Crippen LogP contribution in [0.5, 0.6) is 0 Å². The van der Waals surface area contributed by atoms with E-state index in [4.69, 9.17) is 9.97 Å². The molecule has 106 valence electrons. The SMILES string of the molecule is CCc1c(C)nc(C2CCCCCCC2)nc1NC. The predicted octanol–water partition coefficient (Wildman–Crippen LogP) is 4.22. The molecule has 1 heterocycles. The third-order valence-corrected chi connectivity index (χ3v) is 4.29. The first-order valence-corrected chi connectivity index (χ1v) is 7.81. The molecule has 1 aromatic rings. The van der Waals surface area contributed by atoms with Gasteiger partial charge in [0.1, 0.15) is 11.6 Å². The molecular formula is C16H27N3. The lowest BCUT2D eigenvalue weighted by atomic mass is 9.90. The standard InChI is InChI=1S/C16H27N3/c1-4-14-12(2)18-15(19-16(14)17-3)13-10-8-6-5-7-9-11-13/h13H,4-11H2,1-3H3,(H,17,18,19). The van der Waals surface area contributed by atoms with Gasteiger partial charge in [0.15, 0.2) is 0 Å². The number of rotatable bonds is 3. The zero-order chi connectivity index (χ0) is 13.7. The second-order valence-corrected chi connectivity index (χ2v) is 5.64. The minimum absolute atomic E-state index is 0.567. The minimum Gasteiger partial charge on any atom is -0.373 e. The quantitative estimate of drug-likeness (QED) is 0.885. The minimum atomic E-state index is 0.567. The van der Waals surface area contributed by atoms with Gasteiger partial charge in [0.25, 0.3) is 0 Å². The van der Waals surface area contributed by atoms with E-state index in [1.165, 1.54) is 50.5 Å². The molecule has 0 amide bonds. The number of aryl methyl sites for hydroxylation is 1. The van der Waals surface area contributed by atoms with Gasteiger partial charge < -0.3 is 5.32 Å². The van der Waals surface area contributed by atoms with Crippen molar-refractivity contribution < 1.29 is 0 Å². The van der Waals surface area contributed by atoms with E-state index >= 15 is 0 Å². The van der Waals surface area contributed by atoms with E-state index in [0.717, 1.165) is 23.8 Å². The maximum Gasteiger partial charge on any atom is 0.134 e. The summed E-state index contributed by atoms with van der Waals surface area (Å²) in [6.07, 6.45) is 10.3. The van der Waals surface area contributed by atoms with Crippen LogP contribution in [0.3, 0.4) is 0 Å². The maximum atomic E-state index is 4.80. The van der Waals surface area contributed by atoms with Crippen molar-refractivity contribution in [1.29, 1.82) is 0 Å². The Morgan fingerprint density at radius 1 is 1.05 bits per heavy atom. The Hall–Kier alpha value is -1.12. The van der Waals surface area contributed by atoms with Gasteiger partial charge >= 0.3 is 0 Å². The van der Waals surface area contributed by atoms with Crippen molar-refractivity contribution in [3.05, 3.63) is 17.1 Å². The third kappa shape index (κ3) is 3.46. The van der Waals surface area contributed by atoms with Crippen molar-refractivity contribution in [2.75, 3.05) is 12.4 Å². The van der Waals surface area contributed by atoms with Crippen LogP contribution in [0.2, 0.25) is 0 Å². The van der Waals surface area contributed by atoms with Crippen LogP contribution in [-0.4, -0.2) is 17.0 Å². The number of nitrogens with one attached hydrogen (secondary N) is 1. The van der Waals surface area contributed by atoms with Crippen molar-refractivity contribution >= 4 is 5.82 Å². The molecule has 3 heteroatoms. The summed E-state index contributed by atoms with van der Waals surface area (Å²) in [5.41, 5.74) is 2.41. The van der Waals surface area contributed by atoms with Gasteiger partial charge in [0.05, 0.1) is 0 Å². The van der Waals surface area contributed by atoms with E-state index in [1.54, 1.807) is 0 Å². The molecule has 0 aromatic carbocycles. The highest BCUT2D eigenvalue weighted by Gasteiger charge is 2.18. The Bertz CT molecular complexity index is 407. The first-order valence-electron chi connectivity index (χ1n) is 7.81. The Morgan fingerprint density at radius 2 is 1.68 bits per heavy atom. The van der Waals surface area contributed by atoms with Gasteiger partial charge in [-0.3, -0.25) is 0 Å². The van der Waals surface area contributed by atoms with Crippen molar-refractivity contribution in [2.45, 2.75) is 71.1 Å². The van der Waals surface area contributed by atoms with Crippen LogP contribution < -0.4 is 5.32 Å². The second kappa shape index (κ2) is 6.88. The first kappa shape index (κ1) is 14.3. The van der Waals surface area contributed by atoms with Gasteiger partial charge in [-0.15, -0.1) is 0 Å². The van der Waals surface area contributed by atoms with Crippen LogP contribution in [0.1, 0.15) is 74.9 Å². The van der Waals surface area contributed by atoms with Crippen LogP contribution in [0, 0.1) is 6.92 Å². The highest BCUT2D eigenvalue weighted by Crippen LogP contribution is 2.30. The molecule has 0 unspecified atom stereocenters. The number of hydrogen-bond acceptors (Lipinski definition) is 3. The Labute approximate surface area is 117 Å². The van der Waals surface area contributed by atoms with E-state index in [9.17, 15) is 0 Å². The molecule has 0 spiro atoms. The van der Waals surface area contributed by atoms with E-state index in [-0.39, 0.29) is 0 Å². The Balaban J connectivity index is 2.25. The lowest BCUT2D eigenvalue weighted by molar-refractivity contribution is 0.442. The molecule has 1 N–H and O–H groups in total. The molecule has 1 aliphatic rings. The molecule has 0 bridgehead atoms. The molecule has 1 aliphatic carbocycles. The summed E-state index contributed by atoms with van der Waals surface area (Å²) in [5.74, 6) is 2.67. The molecule has 0 saturated heterocycles. The van der Waals surface area contributed by atoms with Gasteiger partial charge in [-0.1, -0.05) is 39.0 Å². The Morgan fingerprint density at radius 3 is 2.26 bits per heavy atom. The fraction of sp³-hybridized carbons (Fsp3) is 0.750. The van der Waals surface area contributed by atoms with E-state index < -0.39 is 0 Å². The molecule has 1 fully saturated rings.